The summed E-state index contributed by atoms with van der Waals surface area (Å²) in [6.07, 6.45) is 7.12. The molecule has 26 heavy (non-hydrogen) atoms. The first-order chi connectivity index (χ1) is 12.5. The van der Waals surface area contributed by atoms with Crippen LogP contribution in [0.5, 0.6) is 0 Å². The largest absolute Gasteiger partial charge is 0.338 e. The predicted molar refractivity (Wildman–Crippen MR) is 102 cm³/mol. The molecule has 0 radical (unpaired) electrons. The van der Waals surface area contributed by atoms with E-state index in [-0.39, 0.29) is 5.91 Å². The fourth-order valence-electron chi connectivity index (χ4n) is 2.90. The molecule has 2 aromatic heterocycles. The molecule has 0 N–H and O–H groups in total. The van der Waals surface area contributed by atoms with Crippen LogP contribution in [-0.4, -0.2) is 37.4 Å². The summed E-state index contributed by atoms with van der Waals surface area (Å²) in [6.45, 7) is 4.49. The summed E-state index contributed by atoms with van der Waals surface area (Å²) in [4.78, 5) is 14.1. The minimum absolute atomic E-state index is 0.0554. The molecule has 0 atom stereocenters. The van der Waals surface area contributed by atoms with Crippen LogP contribution in [0.4, 0.5) is 0 Å². The highest BCUT2D eigenvalue weighted by Crippen LogP contribution is 2.19. The van der Waals surface area contributed by atoms with Crippen molar-refractivity contribution in [3.63, 3.8) is 0 Å². The van der Waals surface area contributed by atoms with Crippen molar-refractivity contribution in [2.24, 2.45) is 7.05 Å². The molecule has 6 nitrogen and oxygen atoms in total. The average Bonchev–Trinajstić information content (AvgIpc) is 3.16. The maximum atomic E-state index is 12.4. The van der Waals surface area contributed by atoms with Crippen LogP contribution in [0.15, 0.2) is 48.8 Å². The van der Waals surface area contributed by atoms with Gasteiger partial charge in [-0.15, -0.1) is 0 Å². The van der Waals surface area contributed by atoms with E-state index in [9.17, 15) is 4.79 Å². The number of likely N-dealkylation sites (N-methyl/N-ethyl adjacent to an activating group) is 1. The van der Waals surface area contributed by atoms with E-state index in [1.54, 1.807) is 28.9 Å². The van der Waals surface area contributed by atoms with E-state index < -0.39 is 0 Å². The molecule has 1 amide bonds. The van der Waals surface area contributed by atoms with Gasteiger partial charge in [-0.3, -0.25) is 9.48 Å². The zero-order chi connectivity index (χ0) is 18.7. The lowest BCUT2D eigenvalue weighted by Gasteiger charge is -2.13. The Morgan fingerprint density at radius 3 is 2.62 bits per heavy atom. The molecule has 1 aromatic carbocycles. The number of carbonyl (C=O) groups is 1. The van der Waals surface area contributed by atoms with Crippen molar-refractivity contribution in [3.8, 4) is 5.69 Å². The number of carbonyl (C=O) groups excluding carboxylic acids is 1. The maximum absolute atomic E-state index is 12.4. The van der Waals surface area contributed by atoms with Crippen LogP contribution in [0.3, 0.4) is 0 Å². The molecule has 0 fully saturated rings. The van der Waals surface area contributed by atoms with Gasteiger partial charge in [0.15, 0.2) is 0 Å². The Morgan fingerprint density at radius 2 is 1.96 bits per heavy atom. The third-order valence-electron chi connectivity index (χ3n) is 4.29. The van der Waals surface area contributed by atoms with Gasteiger partial charge in [0.2, 0.25) is 5.91 Å². The molecule has 0 saturated heterocycles. The lowest BCUT2D eigenvalue weighted by Crippen LogP contribution is -2.23. The van der Waals surface area contributed by atoms with Gasteiger partial charge in [0.25, 0.3) is 0 Å². The van der Waals surface area contributed by atoms with Crippen LogP contribution in [-0.2, 0) is 18.4 Å². The second-order valence-corrected chi connectivity index (χ2v) is 6.38. The summed E-state index contributed by atoms with van der Waals surface area (Å²) < 4.78 is 3.63. The molecule has 134 valence electrons. The summed E-state index contributed by atoms with van der Waals surface area (Å²) in [5, 5.41) is 8.73. The zero-order valence-electron chi connectivity index (χ0n) is 15.5. The number of hydrogen-bond acceptors (Lipinski definition) is 3. The number of aromatic nitrogens is 4. The molecule has 0 bridgehead atoms. The van der Waals surface area contributed by atoms with Gasteiger partial charge in [-0.25, -0.2) is 4.68 Å². The lowest BCUT2D eigenvalue weighted by molar-refractivity contribution is -0.125. The number of benzene rings is 1. The van der Waals surface area contributed by atoms with Gasteiger partial charge in [-0.1, -0.05) is 18.2 Å². The molecule has 0 aliphatic rings. The Kier molecular flexibility index (Phi) is 5.02. The molecule has 3 aromatic rings. The van der Waals surface area contributed by atoms with Crippen molar-refractivity contribution in [1.29, 1.82) is 0 Å². The number of rotatable bonds is 5. The number of para-hydroxylation sites is 1. The molecular formula is C20H23N5O. The summed E-state index contributed by atoms with van der Waals surface area (Å²) in [7, 11) is 3.65. The standard InChI is InChI=1S/C20H23N5O/c1-15-19(16(2)25(22-15)18-8-6-5-7-9-18)10-11-20(26)23(3)13-17-12-21-24(4)14-17/h5-12,14H,13H2,1-4H3/b11-10+. The molecule has 2 heterocycles. The smallest absolute Gasteiger partial charge is 0.246 e. The third-order valence-corrected chi connectivity index (χ3v) is 4.29. The first kappa shape index (κ1) is 17.7. The zero-order valence-corrected chi connectivity index (χ0v) is 15.5. The van der Waals surface area contributed by atoms with E-state index in [2.05, 4.69) is 10.2 Å². The predicted octanol–water partition coefficient (Wildman–Crippen LogP) is 2.89. The van der Waals surface area contributed by atoms with Gasteiger partial charge in [-0.05, 0) is 32.1 Å². The normalized spacial score (nSPS) is 11.2. The highest BCUT2D eigenvalue weighted by Gasteiger charge is 2.12. The van der Waals surface area contributed by atoms with Gasteiger partial charge < -0.3 is 4.90 Å². The number of amides is 1. The Morgan fingerprint density at radius 1 is 1.23 bits per heavy atom. The van der Waals surface area contributed by atoms with Crippen LogP contribution in [0.25, 0.3) is 11.8 Å². The summed E-state index contributed by atoms with van der Waals surface area (Å²) in [6, 6.07) is 9.97. The van der Waals surface area contributed by atoms with Gasteiger partial charge in [0.1, 0.15) is 0 Å². The highest BCUT2D eigenvalue weighted by molar-refractivity contribution is 5.91. The minimum Gasteiger partial charge on any atom is -0.338 e. The number of nitrogens with zero attached hydrogens (tertiary/aromatic N) is 5. The van der Waals surface area contributed by atoms with Crippen molar-refractivity contribution < 1.29 is 4.79 Å². The van der Waals surface area contributed by atoms with Crippen molar-refractivity contribution in [3.05, 3.63) is 71.3 Å². The van der Waals surface area contributed by atoms with Crippen molar-refractivity contribution >= 4 is 12.0 Å². The van der Waals surface area contributed by atoms with E-state index in [0.29, 0.717) is 6.54 Å². The highest BCUT2D eigenvalue weighted by atomic mass is 16.2. The molecule has 0 aliphatic carbocycles. The van der Waals surface area contributed by atoms with Crippen LogP contribution in [0.1, 0.15) is 22.5 Å². The molecule has 0 saturated carbocycles. The van der Waals surface area contributed by atoms with Gasteiger partial charge in [0, 0.05) is 49.7 Å². The fraction of sp³-hybridized carbons (Fsp3) is 0.250. The Labute approximate surface area is 153 Å². The second-order valence-electron chi connectivity index (χ2n) is 6.38. The van der Waals surface area contributed by atoms with Crippen LogP contribution in [0.2, 0.25) is 0 Å². The average molecular weight is 349 g/mol. The Balaban J connectivity index is 1.75. The summed E-state index contributed by atoms with van der Waals surface area (Å²) in [5.41, 5.74) is 4.88. The fourth-order valence-corrected chi connectivity index (χ4v) is 2.90. The first-order valence-corrected chi connectivity index (χ1v) is 8.48. The van der Waals surface area contributed by atoms with Gasteiger partial charge in [0.05, 0.1) is 17.6 Å². The molecule has 3 rings (SSSR count). The minimum atomic E-state index is -0.0554. The third kappa shape index (κ3) is 3.74. The van der Waals surface area contributed by atoms with E-state index in [0.717, 1.165) is 28.2 Å². The second kappa shape index (κ2) is 7.39. The SMILES string of the molecule is Cc1nn(-c2ccccc2)c(C)c1/C=C/C(=O)N(C)Cc1cnn(C)c1. The van der Waals surface area contributed by atoms with Crippen molar-refractivity contribution in [2.75, 3.05) is 7.05 Å². The molecule has 0 aliphatic heterocycles. The maximum Gasteiger partial charge on any atom is 0.246 e. The summed E-state index contributed by atoms with van der Waals surface area (Å²) >= 11 is 0. The molecule has 0 unspecified atom stereocenters. The number of aryl methyl sites for hydroxylation is 2. The Hall–Kier alpha value is -3.15. The van der Waals surface area contributed by atoms with E-state index in [4.69, 9.17) is 0 Å². The molecular weight excluding hydrogens is 326 g/mol. The number of hydrogen-bond donors (Lipinski definition) is 0. The van der Waals surface area contributed by atoms with Crippen LogP contribution in [0, 0.1) is 13.8 Å². The van der Waals surface area contributed by atoms with Gasteiger partial charge >= 0.3 is 0 Å². The van der Waals surface area contributed by atoms with Gasteiger partial charge in [-0.2, -0.15) is 10.2 Å². The monoisotopic (exact) mass is 349 g/mol. The van der Waals surface area contributed by atoms with Crippen LogP contribution < -0.4 is 0 Å². The van der Waals surface area contributed by atoms with Crippen molar-refractivity contribution in [1.82, 2.24) is 24.5 Å². The van der Waals surface area contributed by atoms with E-state index >= 15 is 0 Å². The quantitative estimate of drug-likeness (QED) is 0.666. The molecule has 6 heteroatoms. The van der Waals surface area contributed by atoms with Crippen molar-refractivity contribution in [2.45, 2.75) is 20.4 Å². The first-order valence-electron chi connectivity index (χ1n) is 8.48. The lowest BCUT2D eigenvalue weighted by atomic mass is 10.1. The van der Waals surface area contributed by atoms with E-state index in [1.807, 2.05) is 68.2 Å². The molecule has 0 spiro atoms. The summed E-state index contributed by atoms with van der Waals surface area (Å²) in [5.74, 6) is -0.0554. The Bertz CT molecular complexity index is 937. The van der Waals surface area contributed by atoms with E-state index in [1.165, 1.54) is 0 Å². The van der Waals surface area contributed by atoms with Crippen LogP contribution >= 0.6 is 0 Å². The topological polar surface area (TPSA) is 56.0 Å².